The Bertz CT molecular complexity index is 459. The monoisotopic (exact) mass is 289 g/mol. The van der Waals surface area contributed by atoms with E-state index in [4.69, 9.17) is 0 Å². The zero-order valence-corrected chi connectivity index (χ0v) is 13.1. The van der Waals surface area contributed by atoms with Crippen LogP contribution >= 0.6 is 0 Å². The lowest BCUT2D eigenvalue weighted by Gasteiger charge is -2.43. The average molecular weight is 289 g/mol. The maximum atomic E-state index is 10.7. The predicted octanol–water partition coefficient (Wildman–Crippen LogP) is 2.73. The highest BCUT2D eigenvalue weighted by molar-refractivity contribution is 5.19. The van der Waals surface area contributed by atoms with Gasteiger partial charge in [-0.25, -0.2) is 0 Å². The zero-order valence-electron chi connectivity index (χ0n) is 13.1. The fourth-order valence-electron chi connectivity index (χ4n) is 4.15. The minimum absolute atomic E-state index is 0.124. The van der Waals surface area contributed by atoms with Crippen molar-refractivity contribution >= 4 is 0 Å². The molecule has 0 aromatic heterocycles. The lowest BCUT2D eigenvalue weighted by atomic mass is 9.81. The quantitative estimate of drug-likeness (QED) is 0.896. The van der Waals surface area contributed by atoms with Crippen LogP contribution in [-0.4, -0.2) is 39.8 Å². The molecule has 0 aliphatic carbocycles. The van der Waals surface area contributed by atoms with Crippen molar-refractivity contribution in [1.29, 1.82) is 0 Å². The number of aliphatic hydroxyl groups excluding tert-OH is 2. The van der Waals surface area contributed by atoms with Crippen molar-refractivity contribution < 1.29 is 10.2 Å². The minimum atomic E-state index is -0.454. The van der Waals surface area contributed by atoms with Gasteiger partial charge in [-0.05, 0) is 31.2 Å². The van der Waals surface area contributed by atoms with Crippen LogP contribution in [0.1, 0.15) is 51.2 Å². The maximum absolute atomic E-state index is 10.7. The molecule has 3 unspecified atom stereocenters. The van der Waals surface area contributed by atoms with Crippen molar-refractivity contribution in [3.05, 3.63) is 35.9 Å². The fraction of sp³-hybridized carbons (Fsp3) is 0.667. The lowest BCUT2D eigenvalue weighted by Crippen LogP contribution is -2.49. The van der Waals surface area contributed by atoms with E-state index >= 15 is 0 Å². The molecule has 2 bridgehead atoms. The highest BCUT2D eigenvalue weighted by Gasteiger charge is 2.43. The summed E-state index contributed by atoms with van der Waals surface area (Å²) in [5.74, 6) is 0. The van der Waals surface area contributed by atoms with E-state index in [2.05, 4.69) is 18.7 Å². The molecule has 2 N–H and O–H groups in total. The van der Waals surface area contributed by atoms with Crippen LogP contribution in [0.3, 0.4) is 0 Å². The third-order valence-corrected chi connectivity index (χ3v) is 5.31. The van der Waals surface area contributed by atoms with Crippen molar-refractivity contribution in [2.24, 2.45) is 5.41 Å². The van der Waals surface area contributed by atoms with E-state index in [9.17, 15) is 10.2 Å². The Hall–Kier alpha value is -0.900. The van der Waals surface area contributed by atoms with E-state index < -0.39 is 6.10 Å². The number of aliphatic hydroxyl groups is 2. The summed E-state index contributed by atoms with van der Waals surface area (Å²) >= 11 is 0. The number of rotatable bonds is 4. The van der Waals surface area contributed by atoms with E-state index in [0.717, 1.165) is 24.9 Å². The summed E-state index contributed by atoms with van der Waals surface area (Å²) in [6, 6.07) is 10.9. The van der Waals surface area contributed by atoms with E-state index in [0.29, 0.717) is 12.1 Å². The molecule has 2 saturated heterocycles. The SMILES string of the molecule is CC(C)(CN1C2CCC1CC(O)C2)C(O)c1ccccc1. The van der Waals surface area contributed by atoms with Gasteiger partial charge in [-0.3, -0.25) is 4.90 Å². The highest BCUT2D eigenvalue weighted by Crippen LogP contribution is 2.41. The molecule has 116 valence electrons. The van der Waals surface area contributed by atoms with Gasteiger partial charge in [-0.15, -0.1) is 0 Å². The molecule has 1 aromatic carbocycles. The molecule has 3 heteroatoms. The summed E-state index contributed by atoms with van der Waals surface area (Å²) in [5.41, 5.74) is 0.802. The van der Waals surface area contributed by atoms with Gasteiger partial charge in [0, 0.05) is 24.0 Å². The summed E-state index contributed by atoms with van der Waals surface area (Å²) < 4.78 is 0. The maximum Gasteiger partial charge on any atom is 0.0853 e. The van der Waals surface area contributed by atoms with Gasteiger partial charge in [-0.2, -0.15) is 0 Å². The lowest BCUT2D eigenvalue weighted by molar-refractivity contribution is -0.0250. The summed E-state index contributed by atoms with van der Waals surface area (Å²) in [4.78, 5) is 2.54. The normalized spacial score (nSPS) is 31.3. The van der Waals surface area contributed by atoms with E-state index in [-0.39, 0.29) is 11.5 Å². The van der Waals surface area contributed by atoms with Crippen LogP contribution in [0.15, 0.2) is 30.3 Å². The van der Waals surface area contributed by atoms with Crippen LogP contribution in [0.25, 0.3) is 0 Å². The summed E-state index contributed by atoms with van der Waals surface area (Å²) in [6.45, 7) is 5.19. The van der Waals surface area contributed by atoms with Crippen molar-refractivity contribution in [2.45, 2.75) is 63.8 Å². The van der Waals surface area contributed by atoms with Gasteiger partial charge in [-0.1, -0.05) is 44.2 Å². The van der Waals surface area contributed by atoms with Crippen LogP contribution in [0, 0.1) is 5.41 Å². The second-order valence-electron chi connectivity index (χ2n) is 7.48. The largest absolute Gasteiger partial charge is 0.393 e. The van der Waals surface area contributed by atoms with Crippen LogP contribution in [0.5, 0.6) is 0 Å². The summed E-state index contributed by atoms with van der Waals surface area (Å²) in [6.07, 6.45) is 3.60. The first-order valence-electron chi connectivity index (χ1n) is 8.14. The van der Waals surface area contributed by atoms with Crippen molar-refractivity contribution in [3.8, 4) is 0 Å². The molecule has 0 amide bonds. The third kappa shape index (κ3) is 3.01. The Morgan fingerprint density at radius 3 is 2.29 bits per heavy atom. The molecular weight excluding hydrogens is 262 g/mol. The number of benzene rings is 1. The number of hydrogen-bond donors (Lipinski definition) is 2. The van der Waals surface area contributed by atoms with Crippen LogP contribution < -0.4 is 0 Å². The van der Waals surface area contributed by atoms with Crippen LogP contribution in [-0.2, 0) is 0 Å². The van der Waals surface area contributed by atoms with Gasteiger partial charge in [0.15, 0.2) is 0 Å². The fourth-order valence-corrected chi connectivity index (χ4v) is 4.15. The molecular formula is C18H27NO2. The Kier molecular flexibility index (Phi) is 4.08. The second-order valence-corrected chi connectivity index (χ2v) is 7.48. The first-order valence-corrected chi connectivity index (χ1v) is 8.14. The van der Waals surface area contributed by atoms with Crippen molar-refractivity contribution in [3.63, 3.8) is 0 Å². The van der Waals surface area contributed by atoms with E-state index in [1.807, 2.05) is 30.3 Å². The second kappa shape index (κ2) is 5.71. The number of fused-ring (bicyclic) bond motifs is 2. The number of hydrogen-bond acceptors (Lipinski definition) is 3. The molecule has 2 heterocycles. The average Bonchev–Trinajstić information content (AvgIpc) is 2.70. The third-order valence-electron chi connectivity index (χ3n) is 5.31. The van der Waals surface area contributed by atoms with Crippen LogP contribution in [0.4, 0.5) is 0 Å². The molecule has 2 aliphatic rings. The molecule has 1 aromatic rings. The molecule has 0 radical (unpaired) electrons. The Morgan fingerprint density at radius 2 is 1.71 bits per heavy atom. The standard InChI is InChI=1S/C18H27NO2/c1-18(2,17(21)13-6-4-3-5-7-13)12-19-14-8-9-15(19)11-16(20)10-14/h3-7,14-17,20-21H,8-12H2,1-2H3. The van der Waals surface area contributed by atoms with Gasteiger partial charge in [0.1, 0.15) is 0 Å². The topological polar surface area (TPSA) is 43.7 Å². The van der Waals surface area contributed by atoms with Gasteiger partial charge < -0.3 is 10.2 Å². The first kappa shape index (κ1) is 15.0. The predicted molar refractivity (Wildman–Crippen MR) is 83.9 cm³/mol. The molecule has 2 fully saturated rings. The highest BCUT2D eigenvalue weighted by atomic mass is 16.3. The molecule has 3 nitrogen and oxygen atoms in total. The molecule has 21 heavy (non-hydrogen) atoms. The van der Waals surface area contributed by atoms with Crippen molar-refractivity contribution in [1.82, 2.24) is 4.90 Å². The Balaban J connectivity index is 1.71. The smallest absolute Gasteiger partial charge is 0.0853 e. The minimum Gasteiger partial charge on any atom is -0.393 e. The van der Waals surface area contributed by atoms with E-state index in [1.165, 1.54) is 12.8 Å². The number of piperidine rings is 1. The van der Waals surface area contributed by atoms with E-state index in [1.54, 1.807) is 0 Å². The van der Waals surface area contributed by atoms with Crippen molar-refractivity contribution in [2.75, 3.05) is 6.54 Å². The Morgan fingerprint density at radius 1 is 1.14 bits per heavy atom. The molecule has 3 rings (SSSR count). The van der Waals surface area contributed by atoms with Gasteiger partial charge >= 0.3 is 0 Å². The number of nitrogens with zero attached hydrogens (tertiary/aromatic N) is 1. The zero-order chi connectivity index (χ0) is 15.0. The summed E-state index contributed by atoms with van der Waals surface area (Å²) in [5, 5.41) is 20.7. The molecule has 2 aliphatic heterocycles. The molecule has 0 saturated carbocycles. The molecule has 0 spiro atoms. The molecule has 3 atom stereocenters. The van der Waals surface area contributed by atoms with Gasteiger partial charge in [0.25, 0.3) is 0 Å². The van der Waals surface area contributed by atoms with Crippen LogP contribution in [0.2, 0.25) is 0 Å². The van der Waals surface area contributed by atoms with Gasteiger partial charge in [0.2, 0.25) is 0 Å². The summed E-state index contributed by atoms with van der Waals surface area (Å²) in [7, 11) is 0. The van der Waals surface area contributed by atoms with Gasteiger partial charge in [0.05, 0.1) is 12.2 Å². The Labute approximate surface area is 127 Å². The first-order chi connectivity index (χ1) is 9.97.